The topological polar surface area (TPSA) is 66.9 Å². The van der Waals surface area contributed by atoms with Gasteiger partial charge >= 0.3 is 16.3 Å². The second kappa shape index (κ2) is 5.02. The van der Waals surface area contributed by atoms with Gasteiger partial charge in [-0.05, 0) is 54.0 Å². The Hall–Kier alpha value is -2.47. The monoisotopic (exact) mass is 396 g/mol. The molecule has 0 atom stereocenters. The Bertz CT molecular complexity index is 957. The van der Waals surface area contributed by atoms with Crippen molar-refractivity contribution in [2.24, 2.45) is 0 Å². The van der Waals surface area contributed by atoms with E-state index in [-0.39, 0.29) is 17.8 Å². The lowest BCUT2D eigenvalue weighted by Crippen LogP contribution is -2.19. The van der Waals surface area contributed by atoms with Crippen LogP contribution in [-0.2, 0) is 0 Å². The predicted octanol–water partition coefficient (Wildman–Crippen LogP) is 5.99. The van der Waals surface area contributed by atoms with E-state index >= 15 is 0 Å². The highest BCUT2D eigenvalue weighted by atomic mass is 32.5. The zero-order valence-corrected chi connectivity index (χ0v) is 13.7. The fourth-order valence-electron chi connectivity index (χ4n) is 1.94. The highest BCUT2D eigenvalue weighted by Crippen LogP contribution is 3.02. The van der Waals surface area contributed by atoms with E-state index < -0.39 is 21.2 Å². The summed E-state index contributed by atoms with van der Waals surface area (Å²) in [7, 11) is -9.72. The van der Waals surface area contributed by atoms with Gasteiger partial charge in [-0.15, -0.1) is 5.10 Å². The van der Waals surface area contributed by atoms with Crippen molar-refractivity contribution < 1.29 is 24.2 Å². The summed E-state index contributed by atoms with van der Waals surface area (Å²) in [5.74, 6) is 0. The summed E-state index contributed by atoms with van der Waals surface area (Å²) in [6, 6.07) is 6.05. The van der Waals surface area contributed by atoms with Crippen molar-refractivity contribution in [3.63, 3.8) is 0 Å². The predicted molar refractivity (Wildman–Crippen MR) is 87.9 cm³/mol. The number of nitrogens with zero attached hydrogens (tertiary/aromatic N) is 2. The first-order valence-corrected chi connectivity index (χ1v) is 9.27. The number of anilines is 2. The Morgan fingerprint density at radius 2 is 1.52 bits per heavy atom. The number of hydrogen-bond donors (Lipinski definition) is 2. The molecule has 0 fully saturated rings. The molecule has 12 heteroatoms. The summed E-state index contributed by atoms with van der Waals surface area (Å²) >= 11 is 1.13. The number of fused-ring (bicyclic) bond motifs is 1. The SMILES string of the molecule is O=C(Nc1ccc(S(F)(F)(F)(F)F)cc1)Nc1ccc2nnsc2c1. The third kappa shape index (κ3) is 4.14. The van der Waals surface area contributed by atoms with Crippen LogP contribution < -0.4 is 10.6 Å². The molecule has 1 heterocycles. The van der Waals surface area contributed by atoms with Crippen molar-refractivity contribution in [3.05, 3.63) is 42.5 Å². The number of hydrogen-bond acceptors (Lipinski definition) is 4. The van der Waals surface area contributed by atoms with Crippen molar-refractivity contribution in [3.8, 4) is 0 Å². The number of carbonyl (C=O) groups excluding carboxylic acids is 1. The molecule has 0 spiro atoms. The third-order valence-corrected chi connectivity index (χ3v) is 4.91. The van der Waals surface area contributed by atoms with E-state index in [0.29, 0.717) is 11.2 Å². The van der Waals surface area contributed by atoms with Crippen LogP contribution in [0.3, 0.4) is 0 Å². The first-order valence-electron chi connectivity index (χ1n) is 6.55. The first-order chi connectivity index (χ1) is 11.4. The summed E-state index contributed by atoms with van der Waals surface area (Å²) in [5, 5.41) is 8.56. The van der Waals surface area contributed by atoms with Crippen molar-refractivity contribution in [1.82, 2.24) is 9.59 Å². The summed E-state index contributed by atoms with van der Waals surface area (Å²) in [5.41, 5.74) is 1.01. The van der Waals surface area contributed by atoms with Gasteiger partial charge in [0.05, 0.1) is 4.70 Å². The van der Waals surface area contributed by atoms with E-state index in [1.54, 1.807) is 18.2 Å². The number of benzene rings is 2. The summed E-state index contributed by atoms with van der Waals surface area (Å²) in [6.45, 7) is 0. The van der Waals surface area contributed by atoms with E-state index in [1.165, 1.54) is 0 Å². The van der Waals surface area contributed by atoms with E-state index in [1.807, 2.05) is 0 Å². The summed E-state index contributed by atoms with van der Waals surface area (Å²) < 4.78 is 67.6. The van der Waals surface area contributed by atoms with Crippen molar-refractivity contribution in [1.29, 1.82) is 0 Å². The van der Waals surface area contributed by atoms with Gasteiger partial charge in [0.1, 0.15) is 10.4 Å². The van der Waals surface area contributed by atoms with Gasteiger partial charge in [0, 0.05) is 11.4 Å². The van der Waals surface area contributed by atoms with E-state index in [4.69, 9.17) is 0 Å². The molecule has 1 aromatic heterocycles. The number of nitrogens with one attached hydrogen (secondary N) is 2. The Morgan fingerprint density at radius 1 is 0.920 bits per heavy atom. The van der Waals surface area contributed by atoms with Gasteiger partial charge in [-0.3, -0.25) is 0 Å². The fourth-order valence-corrected chi connectivity index (χ4v) is 3.19. The highest BCUT2D eigenvalue weighted by molar-refractivity contribution is 8.45. The maximum atomic E-state index is 12.6. The Morgan fingerprint density at radius 3 is 2.16 bits per heavy atom. The van der Waals surface area contributed by atoms with Crippen LogP contribution in [0.15, 0.2) is 47.4 Å². The number of aromatic nitrogens is 2. The molecule has 2 aromatic carbocycles. The Labute approximate surface area is 141 Å². The lowest BCUT2D eigenvalue weighted by molar-refractivity contribution is 0.262. The molecule has 0 unspecified atom stereocenters. The van der Waals surface area contributed by atoms with Crippen LogP contribution in [0.4, 0.5) is 35.6 Å². The van der Waals surface area contributed by atoms with Crippen molar-refractivity contribution in [2.75, 3.05) is 10.6 Å². The molecule has 2 N–H and O–H groups in total. The second-order valence-electron chi connectivity index (χ2n) is 5.03. The van der Waals surface area contributed by atoms with Gasteiger partial charge in [0.2, 0.25) is 0 Å². The van der Waals surface area contributed by atoms with E-state index in [9.17, 15) is 24.2 Å². The lowest BCUT2D eigenvalue weighted by atomic mass is 10.3. The molecule has 0 aliphatic rings. The van der Waals surface area contributed by atoms with Gasteiger partial charge in [-0.1, -0.05) is 23.9 Å². The van der Waals surface area contributed by atoms with E-state index in [2.05, 4.69) is 20.2 Å². The highest BCUT2D eigenvalue weighted by Gasteiger charge is 2.65. The maximum Gasteiger partial charge on any atom is 0.323 e. The average molecular weight is 396 g/mol. The molecule has 0 aliphatic heterocycles. The molecule has 0 radical (unpaired) electrons. The Balaban J connectivity index is 1.71. The molecular weight excluding hydrogens is 387 g/mol. The van der Waals surface area contributed by atoms with Crippen LogP contribution in [0.5, 0.6) is 0 Å². The number of halogens is 5. The third-order valence-electron chi connectivity index (χ3n) is 3.06. The minimum absolute atomic E-state index is 0.0661. The van der Waals surface area contributed by atoms with Crippen LogP contribution in [0.25, 0.3) is 10.2 Å². The van der Waals surface area contributed by atoms with Gasteiger partial charge in [-0.2, -0.15) is 0 Å². The normalized spacial score (nSPS) is 14.6. The first kappa shape index (κ1) is 17.4. The van der Waals surface area contributed by atoms with E-state index in [0.717, 1.165) is 28.4 Å². The summed E-state index contributed by atoms with van der Waals surface area (Å²) in [4.78, 5) is 9.83. The van der Waals surface area contributed by atoms with Crippen LogP contribution in [-0.4, -0.2) is 15.6 Å². The molecule has 134 valence electrons. The smallest absolute Gasteiger partial charge is 0.308 e. The number of urea groups is 1. The maximum absolute atomic E-state index is 12.6. The minimum Gasteiger partial charge on any atom is -0.308 e. The van der Waals surface area contributed by atoms with Crippen LogP contribution >= 0.6 is 21.8 Å². The van der Waals surface area contributed by atoms with Crippen LogP contribution in [0, 0.1) is 0 Å². The van der Waals surface area contributed by atoms with Gasteiger partial charge in [-0.25, -0.2) is 4.79 Å². The number of amides is 2. The number of carbonyl (C=O) groups is 1. The molecule has 3 aromatic rings. The largest absolute Gasteiger partial charge is 0.323 e. The molecule has 3 rings (SSSR count). The molecule has 0 bridgehead atoms. The number of rotatable bonds is 3. The molecular formula is C13H9F5N4OS2. The molecule has 5 nitrogen and oxygen atoms in total. The van der Waals surface area contributed by atoms with Gasteiger partial charge < -0.3 is 10.6 Å². The minimum atomic E-state index is -9.72. The van der Waals surface area contributed by atoms with Crippen molar-refractivity contribution in [2.45, 2.75) is 4.90 Å². The zero-order chi connectivity index (χ0) is 18.4. The fraction of sp³-hybridized carbons (Fsp3) is 0. The van der Waals surface area contributed by atoms with Gasteiger partial charge in [0.15, 0.2) is 0 Å². The van der Waals surface area contributed by atoms with Crippen LogP contribution in [0.2, 0.25) is 0 Å². The van der Waals surface area contributed by atoms with Gasteiger partial charge in [0.25, 0.3) is 0 Å². The Kier molecular flexibility index (Phi) is 3.48. The van der Waals surface area contributed by atoms with Crippen molar-refractivity contribution >= 4 is 49.4 Å². The lowest BCUT2D eigenvalue weighted by Gasteiger charge is -2.40. The molecule has 0 saturated carbocycles. The molecule has 0 aliphatic carbocycles. The van der Waals surface area contributed by atoms with Crippen LogP contribution in [0.1, 0.15) is 0 Å². The summed E-state index contributed by atoms with van der Waals surface area (Å²) in [6.07, 6.45) is 0. The quantitative estimate of drug-likeness (QED) is 0.534. The standard InChI is InChI=1S/C13H9F5N4OS2/c14-25(15,16,17,18)10-4-1-8(2-5-10)19-13(23)20-9-3-6-11-12(7-9)24-22-21-11/h1-7H,(H2,19,20,23). The molecule has 25 heavy (non-hydrogen) atoms. The average Bonchev–Trinajstić information content (AvgIpc) is 2.92. The second-order valence-corrected chi connectivity index (χ2v) is 8.22. The molecule has 0 saturated heterocycles. The zero-order valence-electron chi connectivity index (χ0n) is 12.1. The molecule has 2 amide bonds.